The zero-order valence-electron chi connectivity index (χ0n) is 12.1. The third-order valence-electron chi connectivity index (χ3n) is 4.18. The van der Waals surface area contributed by atoms with Crippen molar-refractivity contribution in [3.05, 3.63) is 29.6 Å². The van der Waals surface area contributed by atoms with Crippen molar-refractivity contribution < 1.29 is 13.9 Å². The Labute approximate surface area is 129 Å². The van der Waals surface area contributed by atoms with Crippen LogP contribution < -0.4 is 10.5 Å². The van der Waals surface area contributed by atoms with E-state index < -0.39 is 0 Å². The molecule has 21 heavy (non-hydrogen) atoms. The summed E-state index contributed by atoms with van der Waals surface area (Å²) in [6.07, 6.45) is 3.66. The second kappa shape index (κ2) is 6.55. The second-order valence-corrected chi connectivity index (χ2v) is 7.01. The maximum atomic E-state index is 13.7. The van der Waals surface area contributed by atoms with Crippen molar-refractivity contribution in [2.24, 2.45) is 5.73 Å². The van der Waals surface area contributed by atoms with Crippen molar-refractivity contribution in [3.8, 4) is 5.75 Å². The molecule has 1 aromatic carbocycles. The van der Waals surface area contributed by atoms with Gasteiger partial charge in [-0.2, -0.15) is 11.8 Å². The number of thioether (sulfide) groups is 1. The number of ether oxygens (including phenoxy) is 2. The molecule has 2 saturated heterocycles. The van der Waals surface area contributed by atoms with E-state index >= 15 is 0 Å². The zero-order valence-corrected chi connectivity index (χ0v) is 13.0. The molecule has 2 unspecified atom stereocenters. The molecule has 0 aliphatic carbocycles. The average Bonchev–Trinajstić information content (AvgIpc) is 2.86. The Hall–Kier alpha value is -0.780. The molecule has 0 amide bonds. The minimum atomic E-state index is -0.255. The predicted octanol–water partition coefficient (Wildman–Crippen LogP) is 2.76. The summed E-state index contributed by atoms with van der Waals surface area (Å²) in [7, 11) is 0. The first kappa shape index (κ1) is 15.1. The molecule has 5 heteroatoms. The van der Waals surface area contributed by atoms with E-state index in [1.165, 1.54) is 12.1 Å². The molecule has 1 aromatic rings. The van der Waals surface area contributed by atoms with Gasteiger partial charge in [0.15, 0.2) is 0 Å². The predicted molar refractivity (Wildman–Crippen MR) is 83.4 cm³/mol. The molecular weight excluding hydrogens is 289 g/mol. The lowest BCUT2D eigenvalue weighted by Gasteiger charge is -2.37. The summed E-state index contributed by atoms with van der Waals surface area (Å²) in [6.45, 7) is 1.25. The molecule has 2 heterocycles. The Morgan fingerprint density at radius 3 is 3.10 bits per heavy atom. The lowest BCUT2D eigenvalue weighted by Crippen LogP contribution is -2.43. The monoisotopic (exact) mass is 311 g/mol. The highest BCUT2D eigenvalue weighted by Crippen LogP contribution is 2.39. The van der Waals surface area contributed by atoms with Crippen LogP contribution in [0.15, 0.2) is 18.2 Å². The average molecular weight is 311 g/mol. The van der Waals surface area contributed by atoms with Gasteiger partial charge >= 0.3 is 0 Å². The summed E-state index contributed by atoms with van der Waals surface area (Å²) < 4.78 is 25.7. The van der Waals surface area contributed by atoms with Gasteiger partial charge in [-0.3, -0.25) is 0 Å². The number of benzene rings is 1. The van der Waals surface area contributed by atoms with E-state index in [2.05, 4.69) is 0 Å². The van der Waals surface area contributed by atoms with Gasteiger partial charge in [0.2, 0.25) is 0 Å². The van der Waals surface area contributed by atoms with Crippen molar-refractivity contribution in [2.75, 3.05) is 24.7 Å². The normalized spacial score (nSPS) is 29.0. The van der Waals surface area contributed by atoms with Crippen molar-refractivity contribution in [3.63, 3.8) is 0 Å². The summed E-state index contributed by atoms with van der Waals surface area (Å²) in [5, 5.41) is 0. The van der Waals surface area contributed by atoms with Crippen molar-refractivity contribution >= 4 is 11.8 Å². The van der Waals surface area contributed by atoms with E-state index in [0.29, 0.717) is 18.7 Å². The molecule has 0 bridgehead atoms. The smallest absolute Gasteiger partial charge is 0.127 e. The molecular formula is C16H22FNO2S. The number of hydrogen-bond acceptors (Lipinski definition) is 4. The van der Waals surface area contributed by atoms with Crippen LogP contribution in [0.3, 0.4) is 0 Å². The Morgan fingerprint density at radius 1 is 1.43 bits per heavy atom. The van der Waals surface area contributed by atoms with Gasteiger partial charge in [-0.15, -0.1) is 0 Å². The Kier molecular flexibility index (Phi) is 4.72. The highest BCUT2D eigenvalue weighted by Gasteiger charge is 2.41. The number of hydrogen-bond donors (Lipinski definition) is 1. The summed E-state index contributed by atoms with van der Waals surface area (Å²) in [5.74, 6) is 2.57. The van der Waals surface area contributed by atoms with Crippen molar-refractivity contribution in [2.45, 2.75) is 37.4 Å². The van der Waals surface area contributed by atoms with Crippen LogP contribution in [0.5, 0.6) is 5.75 Å². The van der Waals surface area contributed by atoms with E-state index in [0.717, 1.165) is 42.9 Å². The third kappa shape index (κ3) is 3.71. The van der Waals surface area contributed by atoms with Crippen LogP contribution in [0.2, 0.25) is 0 Å². The van der Waals surface area contributed by atoms with Crippen LogP contribution in [0, 0.1) is 5.82 Å². The van der Waals surface area contributed by atoms with Gasteiger partial charge in [0.25, 0.3) is 0 Å². The minimum Gasteiger partial charge on any atom is -0.490 e. The first-order valence-electron chi connectivity index (χ1n) is 7.57. The number of rotatable bonds is 4. The molecule has 2 atom stereocenters. The Balaban J connectivity index is 1.68. The fraction of sp³-hybridized carbons (Fsp3) is 0.625. The van der Waals surface area contributed by atoms with Gasteiger partial charge in [0, 0.05) is 24.7 Å². The maximum absolute atomic E-state index is 13.7. The maximum Gasteiger partial charge on any atom is 0.127 e. The van der Waals surface area contributed by atoms with E-state index in [4.69, 9.17) is 15.2 Å². The minimum absolute atomic E-state index is 0.0129. The molecule has 2 fully saturated rings. The zero-order chi connectivity index (χ0) is 14.7. The van der Waals surface area contributed by atoms with Crippen molar-refractivity contribution in [1.29, 1.82) is 0 Å². The quantitative estimate of drug-likeness (QED) is 0.928. The molecule has 2 N–H and O–H groups in total. The van der Waals surface area contributed by atoms with Crippen LogP contribution >= 0.6 is 11.8 Å². The van der Waals surface area contributed by atoms with E-state index in [-0.39, 0.29) is 17.5 Å². The molecule has 3 rings (SSSR count). The topological polar surface area (TPSA) is 44.5 Å². The van der Waals surface area contributed by atoms with Crippen LogP contribution in [-0.2, 0) is 11.2 Å². The highest BCUT2D eigenvalue weighted by atomic mass is 32.2. The first-order valence-corrected chi connectivity index (χ1v) is 8.72. The highest BCUT2D eigenvalue weighted by molar-refractivity contribution is 7.99. The molecule has 0 saturated carbocycles. The van der Waals surface area contributed by atoms with Crippen LogP contribution in [0.4, 0.5) is 4.39 Å². The van der Waals surface area contributed by atoms with Gasteiger partial charge in [0.05, 0.1) is 12.2 Å². The molecule has 3 nitrogen and oxygen atoms in total. The van der Waals surface area contributed by atoms with Gasteiger partial charge in [0.1, 0.15) is 17.7 Å². The van der Waals surface area contributed by atoms with E-state index in [9.17, 15) is 4.39 Å². The summed E-state index contributed by atoms with van der Waals surface area (Å²) in [5.41, 5.74) is 6.42. The van der Waals surface area contributed by atoms with Crippen LogP contribution in [0.25, 0.3) is 0 Å². The molecule has 2 aliphatic heterocycles. The van der Waals surface area contributed by atoms with Crippen LogP contribution in [0.1, 0.15) is 24.8 Å². The fourth-order valence-electron chi connectivity index (χ4n) is 3.14. The van der Waals surface area contributed by atoms with Gasteiger partial charge < -0.3 is 15.2 Å². The summed E-state index contributed by atoms with van der Waals surface area (Å²) in [4.78, 5) is 0. The van der Waals surface area contributed by atoms with E-state index in [1.807, 2.05) is 17.8 Å². The Morgan fingerprint density at radius 2 is 2.33 bits per heavy atom. The molecule has 0 radical (unpaired) electrons. The fourth-order valence-corrected chi connectivity index (χ4v) is 4.52. The molecule has 0 aromatic heterocycles. The lowest BCUT2D eigenvalue weighted by atomic mass is 9.91. The van der Waals surface area contributed by atoms with Gasteiger partial charge in [-0.05, 0) is 42.8 Å². The van der Waals surface area contributed by atoms with Crippen molar-refractivity contribution in [1.82, 2.24) is 0 Å². The number of halogens is 1. The summed E-state index contributed by atoms with van der Waals surface area (Å²) >= 11 is 1.94. The van der Waals surface area contributed by atoms with E-state index in [1.54, 1.807) is 0 Å². The Bertz CT molecular complexity index is 491. The lowest BCUT2D eigenvalue weighted by molar-refractivity contribution is -0.0959. The third-order valence-corrected chi connectivity index (χ3v) is 5.40. The number of nitrogens with two attached hydrogens (primary N) is 1. The second-order valence-electron chi connectivity index (χ2n) is 5.90. The van der Waals surface area contributed by atoms with Crippen LogP contribution in [-0.4, -0.2) is 36.4 Å². The molecule has 2 aliphatic rings. The SMILES string of the molecule is NCCc1cc(F)cc(OC2CCOC3(CCSC3)C2)c1. The molecule has 1 spiro atoms. The first-order chi connectivity index (χ1) is 10.2. The van der Waals surface area contributed by atoms with Gasteiger partial charge in [-0.25, -0.2) is 4.39 Å². The molecule has 116 valence electrons. The van der Waals surface area contributed by atoms with Gasteiger partial charge in [-0.1, -0.05) is 0 Å². The largest absolute Gasteiger partial charge is 0.490 e. The summed E-state index contributed by atoms with van der Waals surface area (Å²) in [6, 6.07) is 4.89. The standard InChI is InChI=1S/C16H22FNO2S/c17-13-7-12(1-4-18)8-15(9-13)20-14-2-5-19-16(10-14)3-6-21-11-16/h7-9,14H,1-6,10-11,18H2.